The normalized spacial score (nSPS) is 29.3. The minimum Gasteiger partial charge on any atom is -0.396 e. The largest absolute Gasteiger partial charge is 0.451 e. The third kappa shape index (κ3) is 2.32. The Kier molecular flexibility index (Phi) is 3.30. The van der Waals surface area contributed by atoms with Crippen molar-refractivity contribution in [1.29, 1.82) is 0 Å². The minimum absolute atomic E-state index is 0.00638. The van der Waals surface area contributed by atoms with E-state index in [1.54, 1.807) is 0 Å². The van der Waals surface area contributed by atoms with Gasteiger partial charge in [-0.1, -0.05) is 13.8 Å². The lowest BCUT2D eigenvalue weighted by Crippen LogP contribution is -2.54. The van der Waals surface area contributed by atoms with Crippen LogP contribution in [0.1, 0.15) is 36.7 Å². The number of amides is 1. The summed E-state index contributed by atoms with van der Waals surface area (Å²) in [6.07, 6.45) is -3.87. The SMILES string of the molecule is Cn1nc(C(=O)N2C[C@@H]3C(C)(C)C[C@]3(CO)C2)nc1C(F)(F)F. The number of carbonyl (C=O) groups is 1. The van der Waals surface area contributed by atoms with Gasteiger partial charge in [0.2, 0.25) is 11.6 Å². The lowest BCUT2D eigenvalue weighted by Gasteiger charge is -2.55. The third-order valence-electron chi connectivity index (χ3n) is 5.21. The molecule has 2 atom stereocenters. The fourth-order valence-electron chi connectivity index (χ4n) is 4.36. The molecule has 0 aromatic carbocycles. The van der Waals surface area contributed by atoms with Gasteiger partial charge in [0.15, 0.2) is 0 Å². The summed E-state index contributed by atoms with van der Waals surface area (Å²) in [5.41, 5.74) is -0.340. The van der Waals surface area contributed by atoms with Crippen LogP contribution in [0.2, 0.25) is 0 Å². The Morgan fingerprint density at radius 1 is 1.43 bits per heavy atom. The van der Waals surface area contributed by atoms with Crippen LogP contribution in [-0.4, -0.2) is 50.4 Å². The van der Waals surface area contributed by atoms with Crippen molar-refractivity contribution in [3.05, 3.63) is 11.6 Å². The molecule has 128 valence electrons. The number of halogens is 3. The first-order valence-electron chi connectivity index (χ1n) is 7.38. The number of aryl methyl sites for hydroxylation is 1. The average Bonchev–Trinajstić information content (AvgIpc) is 2.96. The molecule has 2 heterocycles. The van der Waals surface area contributed by atoms with Gasteiger partial charge in [0.25, 0.3) is 5.91 Å². The standard InChI is InChI=1S/C14H19F3N4O2/c1-12(2)5-13(7-22)6-21(4-8(12)13)10(23)9-18-11(14(15,16)17)20(3)19-9/h8,22H,4-7H2,1-3H3/t8-,13-/m1/s1. The van der Waals surface area contributed by atoms with Crippen molar-refractivity contribution in [2.24, 2.45) is 23.8 Å². The summed E-state index contributed by atoms with van der Waals surface area (Å²) >= 11 is 0. The van der Waals surface area contributed by atoms with Crippen molar-refractivity contribution in [3.63, 3.8) is 0 Å². The molecule has 23 heavy (non-hydrogen) atoms. The lowest BCUT2D eigenvalue weighted by atomic mass is 9.48. The van der Waals surface area contributed by atoms with E-state index < -0.39 is 23.7 Å². The second-order valence-electron chi connectivity index (χ2n) is 7.30. The Bertz CT molecular complexity index is 655. The van der Waals surface area contributed by atoms with Crippen molar-refractivity contribution in [1.82, 2.24) is 19.7 Å². The minimum atomic E-state index is -4.65. The van der Waals surface area contributed by atoms with Crippen LogP contribution in [-0.2, 0) is 13.2 Å². The van der Waals surface area contributed by atoms with Gasteiger partial charge in [0.05, 0.1) is 6.61 Å². The van der Waals surface area contributed by atoms with Crippen molar-refractivity contribution in [2.45, 2.75) is 26.4 Å². The van der Waals surface area contributed by atoms with Crippen LogP contribution in [0.25, 0.3) is 0 Å². The van der Waals surface area contributed by atoms with E-state index >= 15 is 0 Å². The Balaban J connectivity index is 1.83. The summed E-state index contributed by atoms with van der Waals surface area (Å²) in [5.74, 6) is -2.13. The molecule has 1 saturated carbocycles. The molecule has 1 aliphatic carbocycles. The molecule has 9 heteroatoms. The molecule has 2 aliphatic rings. The fraction of sp³-hybridized carbons (Fsp3) is 0.786. The van der Waals surface area contributed by atoms with Crippen LogP contribution in [0.3, 0.4) is 0 Å². The molecule has 3 rings (SSSR count). The van der Waals surface area contributed by atoms with Crippen molar-refractivity contribution < 1.29 is 23.1 Å². The highest BCUT2D eigenvalue weighted by atomic mass is 19.4. The number of likely N-dealkylation sites (tertiary alicyclic amines) is 1. The molecular weight excluding hydrogens is 313 g/mol. The van der Waals surface area contributed by atoms with Gasteiger partial charge >= 0.3 is 6.18 Å². The van der Waals surface area contributed by atoms with Crippen LogP contribution in [0, 0.1) is 16.7 Å². The topological polar surface area (TPSA) is 71.2 Å². The zero-order valence-corrected chi connectivity index (χ0v) is 13.2. The number of carbonyl (C=O) groups excluding carboxylic acids is 1. The summed E-state index contributed by atoms with van der Waals surface area (Å²) in [6, 6.07) is 0. The molecule has 2 fully saturated rings. The number of aromatic nitrogens is 3. The Labute approximate surface area is 131 Å². The quantitative estimate of drug-likeness (QED) is 0.886. The predicted octanol–water partition coefficient (Wildman–Crippen LogP) is 1.31. The number of hydrogen-bond donors (Lipinski definition) is 1. The maximum Gasteiger partial charge on any atom is 0.451 e. The molecular formula is C14H19F3N4O2. The van der Waals surface area contributed by atoms with Crippen molar-refractivity contribution in [3.8, 4) is 0 Å². The Morgan fingerprint density at radius 2 is 2.09 bits per heavy atom. The highest BCUT2D eigenvalue weighted by molar-refractivity contribution is 5.90. The molecule has 1 saturated heterocycles. The van der Waals surface area contributed by atoms with E-state index in [1.165, 1.54) is 4.90 Å². The van der Waals surface area contributed by atoms with Crippen molar-refractivity contribution >= 4 is 5.91 Å². The summed E-state index contributed by atoms with van der Waals surface area (Å²) < 4.78 is 38.9. The van der Waals surface area contributed by atoms with Gasteiger partial charge in [-0.25, -0.2) is 4.68 Å². The second-order valence-corrected chi connectivity index (χ2v) is 7.30. The second kappa shape index (κ2) is 4.68. The van der Waals surface area contributed by atoms with E-state index in [0.717, 1.165) is 13.5 Å². The van der Waals surface area contributed by atoms with E-state index in [2.05, 4.69) is 23.9 Å². The van der Waals surface area contributed by atoms with Crippen LogP contribution in [0.4, 0.5) is 13.2 Å². The number of aliphatic hydroxyl groups excluding tert-OH is 1. The van der Waals surface area contributed by atoms with Crippen LogP contribution >= 0.6 is 0 Å². The van der Waals surface area contributed by atoms with E-state index in [0.29, 0.717) is 17.8 Å². The molecule has 1 amide bonds. The smallest absolute Gasteiger partial charge is 0.396 e. The summed E-state index contributed by atoms with van der Waals surface area (Å²) in [4.78, 5) is 17.3. The number of nitrogens with zero attached hydrogens (tertiary/aromatic N) is 4. The molecule has 6 nitrogen and oxygen atoms in total. The van der Waals surface area contributed by atoms with Gasteiger partial charge in [0, 0.05) is 25.6 Å². The molecule has 0 radical (unpaired) electrons. The molecule has 0 bridgehead atoms. The molecule has 0 spiro atoms. The first-order chi connectivity index (χ1) is 10.5. The maximum atomic E-state index is 12.8. The Morgan fingerprint density at radius 3 is 2.52 bits per heavy atom. The number of alkyl halides is 3. The van der Waals surface area contributed by atoms with Crippen molar-refractivity contribution in [2.75, 3.05) is 19.7 Å². The van der Waals surface area contributed by atoms with Gasteiger partial charge in [-0.2, -0.15) is 18.2 Å². The van der Waals surface area contributed by atoms with Crippen LogP contribution < -0.4 is 0 Å². The van der Waals surface area contributed by atoms with Crippen LogP contribution in [0.15, 0.2) is 0 Å². The maximum absolute atomic E-state index is 12.8. The molecule has 1 aromatic rings. The van der Waals surface area contributed by atoms with Crippen LogP contribution in [0.5, 0.6) is 0 Å². The highest BCUT2D eigenvalue weighted by Gasteiger charge is 2.63. The van der Waals surface area contributed by atoms with E-state index in [4.69, 9.17) is 0 Å². The fourth-order valence-corrected chi connectivity index (χ4v) is 4.36. The summed E-state index contributed by atoms with van der Waals surface area (Å²) in [6.45, 7) is 4.84. The Hall–Kier alpha value is -1.64. The molecule has 0 unspecified atom stereocenters. The first-order valence-corrected chi connectivity index (χ1v) is 7.38. The van der Waals surface area contributed by atoms with E-state index in [9.17, 15) is 23.1 Å². The van der Waals surface area contributed by atoms with Gasteiger partial charge in [0.1, 0.15) is 0 Å². The third-order valence-corrected chi connectivity index (χ3v) is 5.21. The monoisotopic (exact) mass is 332 g/mol. The van der Waals surface area contributed by atoms with Gasteiger partial charge < -0.3 is 10.0 Å². The molecule has 1 aliphatic heterocycles. The average molecular weight is 332 g/mol. The number of fused-ring (bicyclic) bond motifs is 1. The lowest BCUT2D eigenvalue weighted by molar-refractivity contribution is -0.147. The summed E-state index contributed by atoms with van der Waals surface area (Å²) in [7, 11) is 1.11. The van der Waals surface area contributed by atoms with Gasteiger partial charge in [-0.3, -0.25) is 4.79 Å². The van der Waals surface area contributed by atoms with E-state index in [1.807, 2.05) is 0 Å². The van der Waals surface area contributed by atoms with E-state index in [-0.39, 0.29) is 23.4 Å². The number of rotatable bonds is 2. The highest BCUT2D eigenvalue weighted by Crippen LogP contribution is 2.62. The number of hydrogen-bond acceptors (Lipinski definition) is 4. The molecule has 1 aromatic heterocycles. The zero-order chi connectivity index (χ0) is 17.2. The zero-order valence-electron chi connectivity index (χ0n) is 13.2. The predicted molar refractivity (Wildman–Crippen MR) is 73.3 cm³/mol. The molecule has 1 N–H and O–H groups in total. The summed E-state index contributed by atoms with van der Waals surface area (Å²) in [5, 5.41) is 13.3. The van der Waals surface area contributed by atoms with Gasteiger partial charge in [-0.05, 0) is 17.8 Å². The van der Waals surface area contributed by atoms with Gasteiger partial charge in [-0.15, -0.1) is 5.10 Å². The number of aliphatic hydroxyl groups is 1. The first kappa shape index (κ1) is 16.2.